The standard InChI is InChI=1S/C23H21FN2O2S/c1-15-5-3-6-16(2)22(15)26-21(27)14-29-20-8-4-7-19(13-20)25-23(28)17-9-11-18(24)12-10-17/h3-13H,14H2,1-2H3,(H,25,28)(H,26,27). The molecule has 148 valence electrons. The van der Waals surface area contributed by atoms with E-state index in [0.717, 1.165) is 21.7 Å². The van der Waals surface area contributed by atoms with Crippen LogP contribution in [0.15, 0.2) is 71.6 Å². The Labute approximate surface area is 173 Å². The normalized spacial score (nSPS) is 10.4. The number of carbonyl (C=O) groups excluding carboxylic acids is 2. The molecule has 0 heterocycles. The smallest absolute Gasteiger partial charge is 0.255 e. The van der Waals surface area contributed by atoms with E-state index >= 15 is 0 Å². The van der Waals surface area contributed by atoms with Gasteiger partial charge < -0.3 is 10.6 Å². The van der Waals surface area contributed by atoms with Gasteiger partial charge in [-0.1, -0.05) is 24.3 Å². The lowest BCUT2D eigenvalue weighted by Gasteiger charge is -2.11. The lowest BCUT2D eigenvalue weighted by Crippen LogP contribution is -2.15. The zero-order chi connectivity index (χ0) is 20.8. The number of nitrogens with one attached hydrogen (secondary N) is 2. The Bertz CT molecular complexity index is 1020. The lowest BCUT2D eigenvalue weighted by molar-refractivity contribution is -0.113. The number of aryl methyl sites for hydroxylation is 2. The van der Waals surface area contributed by atoms with Crippen LogP contribution in [0.3, 0.4) is 0 Å². The second kappa shape index (κ2) is 9.39. The number of anilines is 2. The van der Waals surface area contributed by atoms with E-state index in [0.29, 0.717) is 11.3 Å². The van der Waals surface area contributed by atoms with Gasteiger partial charge in [0.1, 0.15) is 5.82 Å². The van der Waals surface area contributed by atoms with Gasteiger partial charge in [-0.25, -0.2) is 4.39 Å². The number of rotatable bonds is 6. The third-order valence-corrected chi connectivity index (χ3v) is 5.31. The van der Waals surface area contributed by atoms with Gasteiger partial charge in [-0.05, 0) is 67.4 Å². The van der Waals surface area contributed by atoms with Crippen LogP contribution in [-0.2, 0) is 4.79 Å². The van der Waals surface area contributed by atoms with E-state index in [1.807, 2.05) is 44.2 Å². The molecule has 0 aliphatic heterocycles. The van der Waals surface area contributed by atoms with Crippen molar-refractivity contribution in [3.05, 3.63) is 89.2 Å². The molecule has 6 heteroatoms. The SMILES string of the molecule is Cc1cccc(C)c1NC(=O)CSc1cccc(NC(=O)c2ccc(F)cc2)c1. The maximum atomic E-state index is 13.0. The molecule has 3 rings (SSSR count). The van der Waals surface area contributed by atoms with E-state index in [1.54, 1.807) is 12.1 Å². The molecule has 0 saturated carbocycles. The van der Waals surface area contributed by atoms with Crippen LogP contribution in [0.1, 0.15) is 21.5 Å². The van der Waals surface area contributed by atoms with Gasteiger partial charge in [-0.15, -0.1) is 11.8 Å². The average molecular weight is 408 g/mol. The second-order valence-corrected chi connectivity index (χ2v) is 7.64. The quantitative estimate of drug-likeness (QED) is 0.535. The van der Waals surface area contributed by atoms with Crippen molar-refractivity contribution in [1.29, 1.82) is 0 Å². The predicted molar refractivity (Wildman–Crippen MR) is 116 cm³/mol. The van der Waals surface area contributed by atoms with Crippen molar-refractivity contribution >= 4 is 35.0 Å². The molecule has 3 aromatic rings. The Morgan fingerprint density at radius 1 is 0.897 bits per heavy atom. The molecule has 2 amide bonds. The lowest BCUT2D eigenvalue weighted by atomic mass is 10.1. The van der Waals surface area contributed by atoms with Gasteiger partial charge in [0.05, 0.1) is 5.75 Å². The Hall–Kier alpha value is -3.12. The van der Waals surface area contributed by atoms with Crippen LogP contribution in [0.2, 0.25) is 0 Å². The van der Waals surface area contributed by atoms with Crippen LogP contribution in [0.25, 0.3) is 0 Å². The van der Waals surface area contributed by atoms with E-state index in [-0.39, 0.29) is 23.4 Å². The minimum atomic E-state index is -0.390. The van der Waals surface area contributed by atoms with E-state index in [2.05, 4.69) is 10.6 Å². The minimum Gasteiger partial charge on any atom is -0.325 e. The zero-order valence-corrected chi connectivity index (χ0v) is 17.0. The van der Waals surface area contributed by atoms with Gasteiger partial charge >= 0.3 is 0 Å². The second-order valence-electron chi connectivity index (χ2n) is 6.59. The van der Waals surface area contributed by atoms with Crippen LogP contribution >= 0.6 is 11.8 Å². The first-order chi connectivity index (χ1) is 13.9. The summed E-state index contributed by atoms with van der Waals surface area (Å²) in [5.74, 6) is -0.546. The first-order valence-electron chi connectivity index (χ1n) is 9.08. The number of para-hydroxylation sites is 1. The topological polar surface area (TPSA) is 58.2 Å². The molecular formula is C23H21FN2O2S. The van der Waals surface area contributed by atoms with E-state index in [9.17, 15) is 14.0 Å². The summed E-state index contributed by atoms with van der Waals surface area (Å²) in [5, 5.41) is 5.75. The van der Waals surface area contributed by atoms with Crippen LogP contribution < -0.4 is 10.6 Å². The molecule has 0 aliphatic carbocycles. The van der Waals surface area contributed by atoms with Crippen LogP contribution in [-0.4, -0.2) is 17.6 Å². The molecule has 0 aromatic heterocycles. The van der Waals surface area contributed by atoms with Crippen LogP contribution in [0.5, 0.6) is 0 Å². The van der Waals surface area contributed by atoms with E-state index < -0.39 is 0 Å². The monoisotopic (exact) mass is 408 g/mol. The first-order valence-corrected chi connectivity index (χ1v) is 10.1. The Kier molecular flexibility index (Phi) is 6.67. The summed E-state index contributed by atoms with van der Waals surface area (Å²) in [5.41, 5.74) is 3.87. The molecule has 4 nitrogen and oxygen atoms in total. The summed E-state index contributed by atoms with van der Waals surface area (Å²) in [4.78, 5) is 25.5. The minimum absolute atomic E-state index is 0.0897. The van der Waals surface area contributed by atoms with Gasteiger partial charge in [0.15, 0.2) is 0 Å². The maximum absolute atomic E-state index is 13.0. The van der Waals surface area contributed by atoms with E-state index in [4.69, 9.17) is 0 Å². The van der Waals surface area contributed by atoms with E-state index in [1.165, 1.54) is 36.0 Å². The number of thioether (sulfide) groups is 1. The molecule has 3 aromatic carbocycles. The fourth-order valence-electron chi connectivity index (χ4n) is 2.80. The number of halogens is 1. The van der Waals surface area contributed by atoms with Crippen molar-refractivity contribution in [2.24, 2.45) is 0 Å². The van der Waals surface area contributed by atoms with Crippen molar-refractivity contribution in [2.75, 3.05) is 16.4 Å². The van der Waals surface area contributed by atoms with Crippen molar-refractivity contribution in [1.82, 2.24) is 0 Å². The molecule has 0 unspecified atom stereocenters. The highest BCUT2D eigenvalue weighted by Gasteiger charge is 2.10. The molecule has 0 spiro atoms. The molecule has 0 atom stereocenters. The highest BCUT2D eigenvalue weighted by molar-refractivity contribution is 8.00. The van der Waals surface area contributed by atoms with Gasteiger partial charge in [0, 0.05) is 21.8 Å². The number of amides is 2. The Balaban J connectivity index is 1.59. The summed E-state index contributed by atoms with van der Waals surface area (Å²) < 4.78 is 13.0. The fourth-order valence-corrected chi connectivity index (χ4v) is 3.56. The molecule has 0 fully saturated rings. The van der Waals surface area contributed by atoms with Crippen LogP contribution in [0.4, 0.5) is 15.8 Å². The van der Waals surface area contributed by atoms with Gasteiger partial charge in [-0.3, -0.25) is 9.59 Å². The maximum Gasteiger partial charge on any atom is 0.255 e. The summed E-state index contributed by atoms with van der Waals surface area (Å²) >= 11 is 1.39. The molecule has 29 heavy (non-hydrogen) atoms. The third kappa shape index (κ3) is 5.68. The predicted octanol–water partition coefficient (Wildman–Crippen LogP) is 5.43. The number of carbonyl (C=O) groups is 2. The van der Waals surface area contributed by atoms with Crippen molar-refractivity contribution in [3.63, 3.8) is 0 Å². The molecular weight excluding hydrogens is 387 g/mol. The average Bonchev–Trinajstić information content (AvgIpc) is 2.70. The van der Waals surface area contributed by atoms with Gasteiger partial charge in [0.25, 0.3) is 5.91 Å². The first kappa shape index (κ1) is 20.6. The van der Waals surface area contributed by atoms with Crippen molar-refractivity contribution in [3.8, 4) is 0 Å². The molecule has 0 bridgehead atoms. The largest absolute Gasteiger partial charge is 0.325 e. The summed E-state index contributed by atoms with van der Waals surface area (Å²) in [6.45, 7) is 3.92. The molecule has 2 N–H and O–H groups in total. The van der Waals surface area contributed by atoms with Crippen LogP contribution in [0, 0.1) is 19.7 Å². The Morgan fingerprint density at radius 2 is 1.55 bits per heavy atom. The highest BCUT2D eigenvalue weighted by atomic mass is 32.2. The summed E-state index contributed by atoms with van der Waals surface area (Å²) in [7, 11) is 0. The van der Waals surface area contributed by atoms with Crippen molar-refractivity contribution < 1.29 is 14.0 Å². The third-order valence-electron chi connectivity index (χ3n) is 4.31. The molecule has 0 aliphatic rings. The Morgan fingerprint density at radius 3 is 2.24 bits per heavy atom. The van der Waals surface area contributed by atoms with Gasteiger partial charge in [0.2, 0.25) is 5.91 Å². The zero-order valence-electron chi connectivity index (χ0n) is 16.2. The van der Waals surface area contributed by atoms with Gasteiger partial charge in [-0.2, -0.15) is 0 Å². The fraction of sp³-hybridized carbons (Fsp3) is 0.130. The highest BCUT2D eigenvalue weighted by Crippen LogP contribution is 2.24. The van der Waals surface area contributed by atoms with Crippen molar-refractivity contribution in [2.45, 2.75) is 18.7 Å². The number of hydrogen-bond donors (Lipinski definition) is 2. The summed E-state index contributed by atoms with van der Waals surface area (Å²) in [6.07, 6.45) is 0. The number of hydrogen-bond acceptors (Lipinski definition) is 3. The molecule has 0 saturated heterocycles. The summed E-state index contributed by atoms with van der Waals surface area (Å²) in [6, 6.07) is 18.5. The molecule has 0 radical (unpaired) electrons. The number of benzene rings is 3.